The minimum absolute atomic E-state index is 0.194. The maximum absolute atomic E-state index is 13.8. The molecule has 0 bridgehead atoms. The molecular formula is C22H19ClFNO3. The molecular weight excluding hydrogens is 381 g/mol. The molecule has 0 spiro atoms. The summed E-state index contributed by atoms with van der Waals surface area (Å²) in [6.45, 7) is 1.53. The van der Waals surface area contributed by atoms with Crippen LogP contribution in [0.4, 0.5) is 4.39 Å². The monoisotopic (exact) mass is 399 g/mol. The SMILES string of the molecule is C#Cc1cccc(OCC2CN(C(=O)/C=C/c3c(F)cccc3Cl)CCO2)c1. The van der Waals surface area contributed by atoms with Crippen LogP contribution >= 0.6 is 11.6 Å². The van der Waals surface area contributed by atoms with Gasteiger partial charge >= 0.3 is 0 Å². The first-order chi connectivity index (χ1) is 13.6. The van der Waals surface area contributed by atoms with Gasteiger partial charge in [0.05, 0.1) is 18.2 Å². The molecule has 0 N–H and O–H groups in total. The number of ether oxygens (including phenoxy) is 2. The molecule has 1 aliphatic heterocycles. The number of carbonyl (C=O) groups excluding carboxylic acids is 1. The third-order valence-corrected chi connectivity index (χ3v) is 4.61. The molecule has 0 saturated carbocycles. The van der Waals surface area contributed by atoms with Crippen molar-refractivity contribution >= 4 is 23.6 Å². The lowest BCUT2D eigenvalue weighted by atomic mass is 10.2. The number of benzene rings is 2. The lowest BCUT2D eigenvalue weighted by Gasteiger charge is -2.32. The van der Waals surface area contributed by atoms with Crippen LogP contribution in [0.2, 0.25) is 5.02 Å². The Balaban J connectivity index is 1.57. The van der Waals surface area contributed by atoms with E-state index in [0.717, 1.165) is 5.56 Å². The zero-order chi connectivity index (χ0) is 19.9. The Morgan fingerprint density at radius 2 is 2.21 bits per heavy atom. The van der Waals surface area contributed by atoms with E-state index in [1.54, 1.807) is 17.0 Å². The number of nitrogens with zero attached hydrogens (tertiary/aromatic N) is 1. The Labute approximate surface area is 168 Å². The fraction of sp³-hybridized carbons (Fsp3) is 0.227. The number of terminal acetylenes is 1. The van der Waals surface area contributed by atoms with Gasteiger partial charge in [-0.05, 0) is 36.4 Å². The molecule has 1 unspecified atom stereocenters. The highest BCUT2D eigenvalue weighted by atomic mass is 35.5. The minimum Gasteiger partial charge on any atom is -0.491 e. The molecule has 1 fully saturated rings. The van der Waals surface area contributed by atoms with E-state index in [9.17, 15) is 9.18 Å². The molecule has 144 valence electrons. The lowest BCUT2D eigenvalue weighted by Crippen LogP contribution is -2.47. The number of amides is 1. The Kier molecular flexibility index (Phi) is 6.70. The van der Waals surface area contributed by atoms with E-state index in [0.29, 0.717) is 32.1 Å². The highest BCUT2D eigenvalue weighted by molar-refractivity contribution is 6.32. The van der Waals surface area contributed by atoms with Crippen molar-refractivity contribution in [2.75, 3.05) is 26.3 Å². The molecule has 1 aliphatic rings. The molecule has 3 rings (SSSR count). The summed E-state index contributed by atoms with van der Waals surface area (Å²) >= 11 is 5.98. The summed E-state index contributed by atoms with van der Waals surface area (Å²) in [6, 6.07) is 11.6. The Bertz CT molecular complexity index is 902. The van der Waals surface area contributed by atoms with Crippen molar-refractivity contribution in [1.82, 2.24) is 4.90 Å². The molecule has 1 saturated heterocycles. The van der Waals surface area contributed by atoms with Crippen molar-refractivity contribution in [2.45, 2.75) is 6.10 Å². The van der Waals surface area contributed by atoms with Crippen molar-refractivity contribution in [3.63, 3.8) is 0 Å². The summed E-state index contributed by atoms with van der Waals surface area (Å²) < 4.78 is 25.2. The van der Waals surface area contributed by atoms with E-state index in [1.165, 1.54) is 24.3 Å². The first kappa shape index (κ1) is 19.9. The van der Waals surface area contributed by atoms with Gasteiger partial charge in [0.15, 0.2) is 0 Å². The predicted octanol–water partition coefficient (Wildman–Crippen LogP) is 3.78. The summed E-state index contributed by atoms with van der Waals surface area (Å²) in [4.78, 5) is 14.1. The topological polar surface area (TPSA) is 38.8 Å². The molecule has 6 heteroatoms. The fourth-order valence-corrected chi connectivity index (χ4v) is 3.04. The van der Waals surface area contributed by atoms with Crippen molar-refractivity contribution in [2.24, 2.45) is 0 Å². The fourth-order valence-electron chi connectivity index (χ4n) is 2.82. The van der Waals surface area contributed by atoms with Crippen LogP contribution in [0.15, 0.2) is 48.5 Å². The van der Waals surface area contributed by atoms with Crippen LogP contribution < -0.4 is 4.74 Å². The third kappa shape index (κ3) is 5.13. The van der Waals surface area contributed by atoms with Gasteiger partial charge in [-0.15, -0.1) is 6.42 Å². The van der Waals surface area contributed by atoms with Crippen molar-refractivity contribution < 1.29 is 18.7 Å². The van der Waals surface area contributed by atoms with Crippen LogP contribution in [0.3, 0.4) is 0 Å². The number of carbonyl (C=O) groups is 1. The van der Waals surface area contributed by atoms with Gasteiger partial charge in [0.1, 0.15) is 24.3 Å². The van der Waals surface area contributed by atoms with E-state index < -0.39 is 5.82 Å². The number of rotatable bonds is 5. The average molecular weight is 400 g/mol. The van der Waals surface area contributed by atoms with Crippen LogP contribution in [0, 0.1) is 18.2 Å². The molecule has 1 amide bonds. The van der Waals surface area contributed by atoms with Gasteiger partial charge in [0, 0.05) is 23.7 Å². The van der Waals surface area contributed by atoms with Crippen molar-refractivity contribution in [1.29, 1.82) is 0 Å². The Morgan fingerprint density at radius 3 is 3.00 bits per heavy atom. The first-order valence-electron chi connectivity index (χ1n) is 8.79. The van der Waals surface area contributed by atoms with E-state index in [-0.39, 0.29) is 22.6 Å². The van der Waals surface area contributed by atoms with E-state index in [2.05, 4.69) is 5.92 Å². The standard InChI is InChI=1S/C22H19ClFNO3/c1-2-16-5-3-6-17(13-16)28-15-18-14-25(11-12-27-18)22(26)10-9-19-20(23)7-4-8-21(19)24/h1,3-10,13,18H,11-12,14-15H2/b10-9+. The Hall–Kier alpha value is -2.81. The maximum atomic E-state index is 13.8. The van der Waals surface area contributed by atoms with Crippen LogP contribution in [0.5, 0.6) is 5.75 Å². The number of morpholine rings is 1. The quantitative estimate of drug-likeness (QED) is 0.567. The van der Waals surface area contributed by atoms with Crippen LogP contribution in [-0.2, 0) is 9.53 Å². The van der Waals surface area contributed by atoms with E-state index in [4.69, 9.17) is 27.5 Å². The van der Waals surface area contributed by atoms with Gasteiger partial charge in [-0.3, -0.25) is 4.79 Å². The highest BCUT2D eigenvalue weighted by Crippen LogP contribution is 2.20. The van der Waals surface area contributed by atoms with Gasteiger partial charge in [-0.1, -0.05) is 29.7 Å². The molecule has 28 heavy (non-hydrogen) atoms. The van der Waals surface area contributed by atoms with Crippen LogP contribution in [0.1, 0.15) is 11.1 Å². The molecule has 1 atom stereocenters. The second-order valence-corrected chi connectivity index (χ2v) is 6.64. The smallest absolute Gasteiger partial charge is 0.246 e. The third-order valence-electron chi connectivity index (χ3n) is 4.28. The highest BCUT2D eigenvalue weighted by Gasteiger charge is 2.23. The van der Waals surface area contributed by atoms with Gasteiger partial charge in [0.2, 0.25) is 5.91 Å². The molecule has 2 aromatic carbocycles. The zero-order valence-corrected chi connectivity index (χ0v) is 15.9. The number of halogens is 2. The number of hydrogen-bond donors (Lipinski definition) is 0. The van der Waals surface area contributed by atoms with Crippen LogP contribution in [-0.4, -0.2) is 43.2 Å². The second kappa shape index (κ2) is 9.41. The molecule has 2 aromatic rings. The van der Waals surface area contributed by atoms with Gasteiger partial charge < -0.3 is 14.4 Å². The summed E-state index contributed by atoms with van der Waals surface area (Å²) in [6.07, 6.45) is 7.84. The average Bonchev–Trinajstić information content (AvgIpc) is 2.72. The molecule has 0 radical (unpaired) electrons. The summed E-state index contributed by atoms with van der Waals surface area (Å²) in [5, 5.41) is 0.256. The van der Waals surface area contributed by atoms with E-state index in [1.807, 2.05) is 18.2 Å². The lowest BCUT2D eigenvalue weighted by molar-refractivity contribution is -0.134. The Morgan fingerprint density at radius 1 is 1.39 bits per heavy atom. The largest absolute Gasteiger partial charge is 0.491 e. The predicted molar refractivity (Wildman–Crippen MR) is 107 cm³/mol. The van der Waals surface area contributed by atoms with Gasteiger partial charge in [0.25, 0.3) is 0 Å². The molecule has 1 heterocycles. The molecule has 0 aromatic heterocycles. The van der Waals surface area contributed by atoms with Crippen molar-refractivity contribution in [3.8, 4) is 18.1 Å². The molecule has 4 nitrogen and oxygen atoms in total. The maximum Gasteiger partial charge on any atom is 0.246 e. The summed E-state index contributed by atoms with van der Waals surface area (Å²) in [5.74, 6) is 2.50. The first-order valence-corrected chi connectivity index (χ1v) is 9.16. The normalized spacial score (nSPS) is 16.8. The minimum atomic E-state index is -0.473. The van der Waals surface area contributed by atoms with E-state index >= 15 is 0 Å². The summed E-state index contributed by atoms with van der Waals surface area (Å²) in [7, 11) is 0. The van der Waals surface area contributed by atoms with Crippen molar-refractivity contribution in [3.05, 3.63) is 70.5 Å². The van der Waals surface area contributed by atoms with Gasteiger partial charge in [-0.25, -0.2) is 4.39 Å². The number of hydrogen-bond acceptors (Lipinski definition) is 3. The zero-order valence-electron chi connectivity index (χ0n) is 15.1. The van der Waals surface area contributed by atoms with Crippen LogP contribution in [0.25, 0.3) is 6.08 Å². The summed E-state index contributed by atoms with van der Waals surface area (Å²) in [5.41, 5.74) is 0.926. The molecule has 0 aliphatic carbocycles. The van der Waals surface area contributed by atoms with Gasteiger partial charge in [-0.2, -0.15) is 0 Å². The second-order valence-electron chi connectivity index (χ2n) is 6.23.